The Labute approximate surface area is 273 Å². The Morgan fingerprint density at radius 2 is 1.67 bits per heavy atom. The molecule has 3 amide bonds. The van der Waals surface area contributed by atoms with Crippen LogP contribution in [0.2, 0.25) is 0 Å². The third-order valence-corrected chi connectivity index (χ3v) is 8.45. The van der Waals surface area contributed by atoms with Crippen molar-refractivity contribution in [2.24, 2.45) is 11.8 Å². The summed E-state index contributed by atoms with van der Waals surface area (Å²) in [5.41, 5.74) is 2.07. The quantitative estimate of drug-likeness (QED) is 0.283. The average molecular weight is 638 g/mol. The molecule has 10 nitrogen and oxygen atoms in total. The van der Waals surface area contributed by atoms with E-state index < -0.39 is 23.5 Å². The van der Waals surface area contributed by atoms with E-state index in [2.05, 4.69) is 5.32 Å². The Balaban J connectivity index is 1.55. The van der Waals surface area contributed by atoms with Gasteiger partial charge in [0.2, 0.25) is 11.8 Å². The predicted octanol–water partition coefficient (Wildman–Crippen LogP) is 5.66. The topological polar surface area (TPSA) is 107 Å². The van der Waals surface area contributed by atoms with Gasteiger partial charge in [0.1, 0.15) is 17.1 Å². The van der Waals surface area contributed by atoms with E-state index in [1.807, 2.05) is 82.0 Å². The molecule has 46 heavy (non-hydrogen) atoms. The summed E-state index contributed by atoms with van der Waals surface area (Å²) >= 11 is 0. The van der Waals surface area contributed by atoms with Crippen LogP contribution in [0.5, 0.6) is 11.5 Å². The molecule has 0 aromatic heterocycles. The van der Waals surface area contributed by atoms with Crippen LogP contribution < -0.4 is 14.8 Å². The summed E-state index contributed by atoms with van der Waals surface area (Å²) in [6, 6.07) is 13.6. The van der Waals surface area contributed by atoms with Crippen LogP contribution in [0, 0.1) is 18.8 Å². The number of rotatable bonds is 13. The van der Waals surface area contributed by atoms with Gasteiger partial charge in [-0.25, -0.2) is 4.79 Å². The van der Waals surface area contributed by atoms with Crippen molar-refractivity contribution in [2.75, 3.05) is 40.5 Å². The minimum atomic E-state index is -0.707. The molecule has 1 heterocycles. The molecule has 252 valence electrons. The smallest absolute Gasteiger partial charge is 0.410 e. The van der Waals surface area contributed by atoms with Crippen molar-refractivity contribution in [3.8, 4) is 11.5 Å². The fraction of sp³-hybridized carbons (Fsp3) is 0.583. The number of hydrogen-bond acceptors (Lipinski definition) is 7. The van der Waals surface area contributed by atoms with Crippen molar-refractivity contribution in [1.29, 1.82) is 0 Å². The number of amides is 3. The summed E-state index contributed by atoms with van der Waals surface area (Å²) in [6.07, 6.45) is 2.41. The summed E-state index contributed by atoms with van der Waals surface area (Å²) in [7, 11) is 3.29. The Kier molecular flexibility index (Phi) is 11.9. The molecule has 2 aromatic rings. The van der Waals surface area contributed by atoms with Gasteiger partial charge in [0.25, 0.3) is 0 Å². The highest BCUT2D eigenvalue weighted by Crippen LogP contribution is 2.36. The fourth-order valence-electron chi connectivity index (χ4n) is 5.86. The average Bonchev–Trinajstić information content (AvgIpc) is 3.87. The maximum Gasteiger partial charge on any atom is 0.410 e. The molecule has 3 atom stereocenters. The van der Waals surface area contributed by atoms with E-state index in [9.17, 15) is 14.4 Å². The predicted molar refractivity (Wildman–Crippen MR) is 176 cm³/mol. The molecule has 1 saturated heterocycles. The molecule has 1 unspecified atom stereocenters. The molecular weight excluding hydrogens is 586 g/mol. The van der Waals surface area contributed by atoms with Gasteiger partial charge in [0.15, 0.2) is 0 Å². The normalized spacial score (nSPS) is 18.8. The SMILES string of the molecule is COCCCOc1cc(CN(C(=O)[C@@H]2CC(C(=O)N[C@@H](C)c3ccccc3)CN(C(=O)OC(C)(C)C)C2)C2CC2)cc(OC)c1C. The highest BCUT2D eigenvalue weighted by atomic mass is 16.6. The lowest BCUT2D eigenvalue weighted by Gasteiger charge is -2.39. The summed E-state index contributed by atoms with van der Waals surface area (Å²) in [5.74, 6) is 0.0496. The Hall–Kier alpha value is -3.79. The van der Waals surface area contributed by atoms with Gasteiger partial charge in [-0.1, -0.05) is 30.3 Å². The van der Waals surface area contributed by atoms with Crippen molar-refractivity contribution >= 4 is 17.9 Å². The highest BCUT2D eigenvalue weighted by molar-refractivity contribution is 5.85. The molecule has 2 aliphatic rings. The van der Waals surface area contributed by atoms with E-state index in [0.29, 0.717) is 37.7 Å². The maximum atomic E-state index is 14.3. The van der Waals surface area contributed by atoms with Crippen LogP contribution in [-0.2, 0) is 25.6 Å². The first kappa shape index (κ1) is 35.1. The van der Waals surface area contributed by atoms with E-state index in [-0.39, 0.29) is 37.0 Å². The third-order valence-electron chi connectivity index (χ3n) is 8.45. The first-order chi connectivity index (χ1) is 21.9. The molecule has 0 bridgehead atoms. The van der Waals surface area contributed by atoms with Gasteiger partial charge in [-0.3, -0.25) is 9.59 Å². The minimum Gasteiger partial charge on any atom is -0.496 e. The zero-order valence-corrected chi connectivity index (χ0v) is 28.5. The number of carbonyl (C=O) groups is 3. The van der Waals surface area contributed by atoms with Gasteiger partial charge in [-0.2, -0.15) is 0 Å². The molecule has 0 radical (unpaired) electrons. The molecule has 1 aliphatic carbocycles. The molecular formula is C36H51N3O7. The zero-order valence-electron chi connectivity index (χ0n) is 28.5. The van der Waals surface area contributed by atoms with Gasteiger partial charge in [-0.15, -0.1) is 0 Å². The first-order valence-corrected chi connectivity index (χ1v) is 16.3. The van der Waals surface area contributed by atoms with E-state index in [1.54, 1.807) is 14.2 Å². The Bertz CT molecular complexity index is 1340. The summed E-state index contributed by atoms with van der Waals surface area (Å²) in [6.45, 7) is 11.2. The molecule has 2 aromatic carbocycles. The summed E-state index contributed by atoms with van der Waals surface area (Å²) < 4.78 is 22.6. The van der Waals surface area contributed by atoms with Crippen LogP contribution in [-0.4, -0.2) is 79.9 Å². The zero-order chi connectivity index (χ0) is 33.4. The maximum absolute atomic E-state index is 14.3. The number of nitrogens with zero attached hydrogens (tertiary/aromatic N) is 2. The monoisotopic (exact) mass is 637 g/mol. The van der Waals surface area contributed by atoms with Gasteiger partial charge < -0.3 is 34.1 Å². The molecule has 0 spiro atoms. The van der Waals surface area contributed by atoms with Gasteiger partial charge in [0, 0.05) is 51.4 Å². The van der Waals surface area contributed by atoms with Crippen LogP contribution in [0.1, 0.15) is 76.1 Å². The van der Waals surface area contributed by atoms with Crippen molar-refractivity contribution < 1.29 is 33.3 Å². The number of nitrogens with one attached hydrogen (secondary N) is 1. The van der Waals surface area contributed by atoms with Crippen LogP contribution in [0.15, 0.2) is 42.5 Å². The van der Waals surface area contributed by atoms with Crippen LogP contribution >= 0.6 is 0 Å². The van der Waals surface area contributed by atoms with Gasteiger partial charge in [0.05, 0.1) is 31.6 Å². The molecule has 1 N–H and O–H groups in total. The van der Waals surface area contributed by atoms with Crippen molar-refractivity contribution in [2.45, 2.75) is 84.5 Å². The van der Waals surface area contributed by atoms with Crippen LogP contribution in [0.3, 0.4) is 0 Å². The Morgan fingerprint density at radius 3 is 2.30 bits per heavy atom. The first-order valence-electron chi connectivity index (χ1n) is 16.3. The van der Waals surface area contributed by atoms with Gasteiger partial charge >= 0.3 is 6.09 Å². The van der Waals surface area contributed by atoms with Gasteiger partial charge in [-0.05, 0) is 77.1 Å². The van der Waals surface area contributed by atoms with Crippen LogP contribution in [0.4, 0.5) is 4.79 Å². The third kappa shape index (κ3) is 9.61. The summed E-state index contributed by atoms with van der Waals surface area (Å²) in [4.78, 5) is 44.7. The second kappa shape index (κ2) is 15.7. The molecule has 10 heteroatoms. The van der Waals surface area contributed by atoms with Crippen molar-refractivity contribution in [3.63, 3.8) is 0 Å². The standard InChI is InChI=1S/C36H51N3O7/c1-24-31(44-7)18-26(19-32(24)45-17-11-16-43-6)21-39(30-14-15-30)34(41)29-20-28(22-38(23-29)35(42)46-36(3,4)5)33(40)37-25(2)27-12-9-8-10-13-27/h8-10,12-13,18-19,25,28-30H,11,14-17,20-23H2,1-7H3,(H,37,40)/t25-,28?,29+/m0/s1. The molecule has 2 fully saturated rings. The number of likely N-dealkylation sites (tertiary alicyclic amines) is 1. The number of hydrogen-bond donors (Lipinski definition) is 1. The largest absolute Gasteiger partial charge is 0.496 e. The molecule has 1 saturated carbocycles. The van der Waals surface area contributed by atoms with Crippen LogP contribution in [0.25, 0.3) is 0 Å². The highest BCUT2D eigenvalue weighted by Gasteiger charge is 2.43. The minimum absolute atomic E-state index is 0.0632. The number of ether oxygens (including phenoxy) is 4. The lowest BCUT2D eigenvalue weighted by Crippen LogP contribution is -2.53. The number of benzene rings is 2. The van der Waals surface area contributed by atoms with E-state index in [0.717, 1.165) is 36.0 Å². The lowest BCUT2D eigenvalue weighted by molar-refractivity contribution is -0.140. The number of methoxy groups -OCH3 is 2. The van der Waals surface area contributed by atoms with E-state index >= 15 is 0 Å². The van der Waals surface area contributed by atoms with Crippen molar-refractivity contribution in [3.05, 3.63) is 59.2 Å². The summed E-state index contributed by atoms with van der Waals surface area (Å²) in [5, 5.41) is 3.11. The molecule has 4 rings (SSSR count). The number of piperidine rings is 1. The Morgan fingerprint density at radius 1 is 1.00 bits per heavy atom. The molecule has 1 aliphatic heterocycles. The van der Waals surface area contributed by atoms with E-state index in [4.69, 9.17) is 18.9 Å². The van der Waals surface area contributed by atoms with Crippen molar-refractivity contribution in [1.82, 2.24) is 15.1 Å². The fourth-order valence-corrected chi connectivity index (χ4v) is 5.86. The number of carbonyl (C=O) groups excluding carboxylic acids is 3. The van der Waals surface area contributed by atoms with E-state index in [1.165, 1.54) is 4.90 Å². The second-order valence-electron chi connectivity index (χ2n) is 13.5. The second-order valence-corrected chi connectivity index (χ2v) is 13.5. The lowest BCUT2D eigenvalue weighted by atomic mass is 9.87.